The molecule has 4 rings (SSSR count). The van der Waals surface area contributed by atoms with Crippen molar-refractivity contribution in [1.82, 2.24) is 4.98 Å². The normalized spacial score (nSPS) is 12.2. The highest BCUT2D eigenvalue weighted by molar-refractivity contribution is 6.06. The van der Waals surface area contributed by atoms with Crippen LogP contribution in [0.15, 0.2) is 67.0 Å². The number of rotatable bonds is 7. The summed E-state index contributed by atoms with van der Waals surface area (Å²) in [5.41, 5.74) is 2.28. The molecular formula is C23H19NO5. The minimum absolute atomic E-state index is 0.105. The van der Waals surface area contributed by atoms with E-state index in [-0.39, 0.29) is 12.6 Å². The van der Waals surface area contributed by atoms with Crippen molar-refractivity contribution in [1.29, 1.82) is 0 Å². The van der Waals surface area contributed by atoms with Gasteiger partial charge in [-0.05, 0) is 48.0 Å². The summed E-state index contributed by atoms with van der Waals surface area (Å²) >= 11 is 0. The number of fused-ring (bicyclic) bond motifs is 1. The van der Waals surface area contributed by atoms with Crippen molar-refractivity contribution in [2.45, 2.75) is 6.61 Å². The maximum atomic E-state index is 12.2. The Labute approximate surface area is 168 Å². The second-order valence-corrected chi connectivity index (χ2v) is 6.31. The first kappa shape index (κ1) is 18.6. The summed E-state index contributed by atoms with van der Waals surface area (Å²) in [4.78, 5) is 16.2. The zero-order valence-electron chi connectivity index (χ0n) is 15.8. The van der Waals surface area contributed by atoms with Crippen LogP contribution in [0.1, 0.15) is 21.5 Å². The van der Waals surface area contributed by atoms with Crippen LogP contribution in [0.4, 0.5) is 0 Å². The standard InChI is InChI=1S/C23H19NO5/c1-26-21-8-5-16(4-7-20(25)17-3-2-10-24-13-17)11-18(21)14-27-19-6-9-22-23(12-19)29-15-28-22/h2-13H,14-15H2,1H3/b7-4+. The Kier molecular flexibility index (Phi) is 5.42. The highest BCUT2D eigenvalue weighted by atomic mass is 16.7. The van der Waals surface area contributed by atoms with E-state index in [4.69, 9.17) is 18.9 Å². The second-order valence-electron chi connectivity index (χ2n) is 6.31. The minimum atomic E-state index is -0.105. The van der Waals surface area contributed by atoms with Gasteiger partial charge < -0.3 is 18.9 Å². The largest absolute Gasteiger partial charge is 0.496 e. The van der Waals surface area contributed by atoms with Gasteiger partial charge in [0.15, 0.2) is 17.3 Å². The zero-order valence-corrected chi connectivity index (χ0v) is 15.8. The average molecular weight is 389 g/mol. The first-order valence-electron chi connectivity index (χ1n) is 9.05. The highest BCUT2D eigenvalue weighted by Gasteiger charge is 2.14. The Morgan fingerprint density at radius 3 is 2.86 bits per heavy atom. The molecule has 2 heterocycles. The van der Waals surface area contributed by atoms with E-state index >= 15 is 0 Å². The van der Waals surface area contributed by atoms with E-state index in [9.17, 15) is 4.79 Å². The summed E-state index contributed by atoms with van der Waals surface area (Å²) in [6.45, 7) is 0.528. The molecule has 29 heavy (non-hydrogen) atoms. The highest BCUT2D eigenvalue weighted by Crippen LogP contribution is 2.35. The molecular weight excluding hydrogens is 370 g/mol. The van der Waals surface area contributed by atoms with Crippen molar-refractivity contribution in [2.24, 2.45) is 0 Å². The number of allylic oxidation sites excluding steroid dienone is 1. The van der Waals surface area contributed by atoms with E-state index in [1.807, 2.05) is 30.3 Å². The lowest BCUT2D eigenvalue weighted by Gasteiger charge is -2.11. The van der Waals surface area contributed by atoms with Crippen LogP contribution in [0.25, 0.3) is 6.08 Å². The van der Waals surface area contributed by atoms with Gasteiger partial charge in [-0.1, -0.05) is 12.1 Å². The molecule has 3 aromatic rings. The predicted molar refractivity (Wildman–Crippen MR) is 107 cm³/mol. The molecule has 0 N–H and O–H groups in total. The van der Waals surface area contributed by atoms with Crippen LogP contribution in [-0.4, -0.2) is 24.7 Å². The fourth-order valence-electron chi connectivity index (χ4n) is 2.92. The fourth-order valence-corrected chi connectivity index (χ4v) is 2.92. The van der Waals surface area contributed by atoms with Crippen molar-refractivity contribution in [3.8, 4) is 23.0 Å². The molecule has 0 fully saturated rings. The third kappa shape index (κ3) is 4.38. The van der Waals surface area contributed by atoms with Crippen LogP contribution in [-0.2, 0) is 6.61 Å². The molecule has 2 aromatic carbocycles. The third-order valence-electron chi connectivity index (χ3n) is 4.42. The number of ketones is 1. The smallest absolute Gasteiger partial charge is 0.231 e. The minimum Gasteiger partial charge on any atom is -0.496 e. The maximum Gasteiger partial charge on any atom is 0.231 e. The van der Waals surface area contributed by atoms with Gasteiger partial charge in [-0.15, -0.1) is 0 Å². The summed E-state index contributed by atoms with van der Waals surface area (Å²) in [5, 5.41) is 0. The zero-order chi connectivity index (χ0) is 20.1. The number of nitrogens with zero attached hydrogens (tertiary/aromatic N) is 1. The number of methoxy groups -OCH3 is 1. The second kappa shape index (κ2) is 8.48. The van der Waals surface area contributed by atoms with Gasteiger partial charge in [-0.2, -0.15) is 0 Å². The Bertz CT molecular complexity index is 1050. The van der Waals surface area contributed by atoms with E-state index < -0.39 is 0 Å². The van der Waals surface area contributed by atoms with Crippen LogP contribution in [0, 0.1) is 0 Å². The third-order valence-corrected chi connectivity index (χ3v) is 4.42. The van der Waals surface area contributed by atoms with Gasteiger partial charge in [0.25, 0.3) is 0 Å². The number of pyridine rings is 1. The quantitative estimate of drug-likeness (QED) is 0.444. The van der Waals surface area contributed by atoms with Gasteiger partial charge in [0.1, 0.15) is 18.1 Å². The lowest BCUT2D eigenvalue weighted by atomic mass is 10.1. The van der Waals surface area contributed by atoms with Gasteiger partial charge in [0.2, 0.25) is 6.79 Å². The number of carbonyl (C=O) groups is 1. The van der Waals surface area contributed by atoms with E-state index in [2.05, 4.69) is 4.98 Å². The summed E-state index contributed by atoms with van der Waals surface area (Å²) < 4.78 is 22.0. The lowest BCUT2D eigenvalue weighted by molar-refractivity contribution is 0.104. The molecule has 6 nitrogen and oxygen atoms in total. The molecule has 0 amide bonds. The van der Waals surface area contributed by atoms with Gasteiger partial charge in [0.05, 0.1) is 7.11 Å². The lowest BCUT2D eigenvalue weighted by Crippen LogP contribution is -1.99. The number of ether oxygens (including phenoxy) is 4. The van der Waals surface area contributed by atoms with E-state index in [0.717, 1.165) is 11.1 Å². The molecule has 146 valence electrons. The average Bonchev–Trinajstić information content (AvgIpc) is 3.24. The summed E-state index contributed by atoms with van der Waals surface area (Å²) in [5.74, 6) is 2.65. The molecule has 1 aromatic heterocycles. The molecule has 0 saturated heterocycles. The van der Waals surface area contributed by atoms with Crippen molar-refractivity contribution < 1.29 is 23.7 Å². The molecule has 0 saturated carbocycles. The Hall–Kier alpha value is -3.80. The number of hydrogen-bond donors (Lipinski definition) is 0. The SMILES string of the molecule is COc1ccc(/C=C/C(=O)c2cccnc2)cc1COc1ccc2c(c1)OCO2. The van der Waals surface area contributed by atoms with Crippen molar-refractivity contribution in [2.75, 3.05) is 13.9 Å². The molecule has 0 unspecified atom stereocenters. The predicted octanol–water partition coefficient (Wildman–Crippen LogP) is 4.29. The van der Waals surface area contributed by atoms with Gasteiger partial charge >= 0.3 is 0 Å². The molecule has 0 spiro atoms. The topological polar surface area (TPSA) is 66.9 Å². The molecule has 6 heteroatoms. The van der Waals surface area contributed by atoms with E-state index in [0.29, 0.717) is 35.2 Å². The molecule has 1 aliphatic heterocycles. The van der Waals surface area contributed by atoms with E-state index in [1.165, 1.54) is 6.08 Å². The molecule has 0 atom stereocenters. The molecule has 0 bridgehead atoms. The van der Waals surface area contributed by atoms with Crippen LogP contribution in [0.5, 0.6) is 23.0 Å². The monoisotopic (exact) mass is 389 g/mol. The Balaban J connectivity index is 1.48. The maximum absolute atomic E-state index is 12.2. The first-order chi connectivity index (χ1) is 14.2. The van der Waals surface area contributed by atoms with Gasteiger partial charge in [-0.25, -0.2) is 0 Å². The van der Waals surface area contributed by atoms with Crippen molar-refractivity contribution in [3.05, 3.63) is 83.7 Å². The van der Waals surface area contributed by atoms with E-state index in [1.54, 1.807) is 43.8 Å². The Morgan fingerprint density at radius 2 is 2.03 bits per heavy atom. The first-order valence-corrected chi connectivity index (χ1v) is 9.05. The van der Waals surface area contributed by atoms with Crippen LogP contribution >= 0.6 is 0 Å². The molecule has 0 radical (unpaired) electrons. The van der Waals surface area contributed by atoms with Crippen molar-refractivity contribution in [3.63, 3.8) is 0 Å². The molecule has 1 aliphatic rings. The van der Waals surface area contributed by atoms with Crippen molar-refractivity contribution >= 4 is 11.9 Å². The fraction of sp³-hybridized carbons (Fsp3) is 0.130. The number of hydrogen-bond acceptors (Lipinski definition) is 6. The Morgan fingerprint density at radius 1 is 1.14 bits per heavy atom. The number of carbonyl (C=O) groups excluding carboxylic acids is 1. The van der Waals surface area contributed by atoms with Gasteiger partial charge in [-0.3, -0.25) is 9.78 Å². The van der Waals surface area contributed by atoms with Gasteiger partial charge in [0, 0.05) is 29.6 Å². The number of benzene rings is 2. The number of aromatic nitrogens is 1. The summed E-state index contributed by atoms with van der Waals surface area (Å²) in [7, 11) is 1.61. The van der Waals surface area contributed by atoms with Crippen LogP contribution in [0.3, 0.4) is 0 Å². The molecule has 0 aliphatic carbocycles. The van der Waals surface area contributed by atoms with Crippen LogP contribution < -0.4 is 18.9 Å². The summed E-state index contributed by atoms with van der Waals surface area (Å²) in [6, 6.07) is 14.6. The summed E-state index contributed by atoms with van der Waals surface area (Å²) in [6.07, 6.45) is 6.47. The van der Waals surface area contributed by atoms with Crippen LogP contribution in [0.2, 0.25) is 0 Å².